The molecule has 2 atom stereocenters. The van der Waals surface area contributed by atoms with Crippen LogP contribution in [0.25, 0.3) is 0 Å². The molecule has 37 heavy (non-hydrogen) atoms. The summed E-state index contributed by atoms with van der Waals surface area (Å²) in [6.45, 7) is 3.54. The Kier molecular flexibility index (Phi) is 8.43. The first-order valence-corrected chi connectivity index (χ1v) is 12.4. The third-order valence-corrected chi connectivity index (χ3v) is 6.93. The van der Waals surface area contributed by atoms with Crippen LogP contribution in [-0.2, 0) is 22.1 Å². The van der Waals surface area contributed by atoms with Crippen LogP contribution in [0.5, 0.6) is 0 Å². The molecule has 2 N–H and O–H groups in total. The van der Waals surface area contributed by atoms with Gasteiger partial charge in [0.1, 0.15) is 0 Å². The molecular formula is C28H31F3N4O2. The van der Waals surface area contributed by atoms with Crippen LogP contribution in [0.3, 0.4) is 0 Å². The Bertz CT molecular complexity index is 1180. The molecule has 9 heteroatoms. The molecule has 2 heterocycles. The van der Waals surface area contributed by atoms with Gasteiger partial charge >= 0.3 is 12.1 Å². The van der Waals surface area contributed by atoms with Gasteiger partial charge in [0.2, 0.25) is 5.95 Å². The van der Waals surface area contributed by atoms with Gasteiger partial charge in [0, 0.05) is 17.8 Å². The number of carbonyl (C=O) groups is 1. The number of rotatable bonds is 8. The minimum Gasteiger partial charge on any atom is -0.469 e. The average molecular weight is 513 g/mol. The Morgan fingerprint density at radius 3 is 2.41 bits per heavy atom. The van der Waals surface area contributed by atoms with E-state index < -0.39 is 29.5 Å². The van der Waals surface area contributed by atoms with Gasteiger partial charge in [0.15, 0.2) is 0 Å². The molecule has 4 rings (SSSR count). The molecule has 1 aliphatic rings. The van der Waals surface area contributed by atoms with Gasteiger partial charge in [0.25, 0.3) is 0 Å². The number of carbonyl (C=O) groups excluding carboxylic acids is 1. The SMILES string of the molecule is COC(=O)C(C)C(Cc1ccccc1)c1nc(Nc2ccc(C3CCNCC3)cc2)ncc1C(F)(F)F. The van der Waals surface area contributed by atoms with Gasteiger partial charge in [-0.15, -0.1) is 0 Å². The fourth-order valence-electron chi connectivity index (χ4n) is 4.81. The molecule has 3 aromatic rings. The third-order valence-electron chi connectivity index (χ3n) is 6.93. The van der Waals surface area contributed by atoms with Crippen molar-refractivity contribution in [3.05, 3.63) is 83.2 Å². The maximum absolute atomic E-state index is 14.1. The van der Waals surface area contributed by atoms with E-state index in [1.165, 1.54) is 12.7 Å². The molecule has 2 unspecified atom stereocenters. The second kappa shape index (κ2) is 11.7. The number of aromatic nitrogens is 2. The Hall–Kier alpha value is -3.46. The van der Waals surface area contributed by atoms with Crippen molar-refractivity contribution >= 4 is 17.6 Å². The van der Waals surface area contributed by atoms with Gasteiger partial charge in [0.05, 0.1) is 24.3 Å². The standard InChI is InChI=1S/C28H31F3N4O2/c1-18(26(36)37-2)23(16-19-6-4-3-5-7-19)25-24(28(29,30)31)17-33-27(35-25)34-22-10-8-20(9-11-22)21-12-14-32-15-13-21/h3-11,17-18,21,23,32H,12-16H2,1-2H3,(H,33,34,35). The molecule has 0 amide bonds. The predicted octanol–water partition coefficient (Wildman–Crippen LogP) is 5.84. The molecule has 196 valence electrons. The van der Waals surface area contributed by atoms with Gasteiger partial charge in [-0.25, -0.2) is 9.97 Å². The number of alkyl halides is 3. The van der Waals surface area contributed by atoms with Crippen LogP contribution >= 0.6 is 0 Å². The number of nitrogens with zero attached hydrogens (tertiary/aromatic N) is 2. The fourth-order valence-corrected chi connectivity index (χ4v) is 4.81. The fraction of sp³-hybridized carbons (Fsp3) is 0.393. The summed E-state index contributed by atoms with van der Waals surface area (Å²) >= 11 is 0. The Morgan fingerprint density at radius 2 is 1.78 bits per heavy atom. The molecule has 1 saturated heterocycles. The van der Waals surface area contributed by atoms with Crippen molar-refractivity contribution < 1.29 is 22.7 Å². The molecule has 2 aromatic carbocycles. The smallest absolute Gasteiger partial charge is 0.419 e. The van der Waals surface area contributed by atoms with Crippen LogP contribution in [0.2, 0.25) is 0 Å². The quantitative estimate of drug-likeness (QED) is 0.369. The van der Waals surface area contributed by atoms with Crippen molar-refractivity contribution in [2.24, 2.45) is 5.92 Å². The molecule has 0 radical (unpaired) electrons. The van der Waals surface area contributed by atoms with Gasteiger partial charge in [-0.1, -0.05) is 49.4 Å². The van der Waals surface area contributed by atoms with Crippen molar-refractivity contribution in [2.75, 3.05) is 25.5 Å². The van der Waals surface area contributed by atoms with Crippen LogP contribution in [0.15, 0.2) is 60.8 Å². The predicted molar refractivity (Wildman–Crippen MR) is 136 cm³/mol. The van der Waals surface area contributed by atoms with E-state index in [0.29, 0.717) is 11.6 Å². The summed E-state index contributed by atoms with van der Waals surface area (Å²) in [7, 11) is 1.23. The number of benzene rings is 2. The zero-order valence-electron chi connectivity index (χ0n) is 20.9. The summed E-state index contributed by atoms with van der Waals surface area (Å²) in [5, 5.41) is 6.39. The molecule has 1 aromatic heterocycles. The highest BCUT2D eigenvalue weighted by molar-refractivity contribution is 5.73. The van der Waals surface area contributed by atoms with Crippen molar-refractivity contribution in [3.63, 3.8) is 0 Å². The summed E-state index contributed by atoms with van der Waals surface area (Å²) in [6.07, 6.45) is -1.58. The van der Waals surface area contributed by atoms with Gasteiger partial charge in [-0.2, -0.15) is 13.2 Å². The first kappa shape index (κ1) is 26.6. The number of esters is 1. The molecule has 6 nitrogen and oxygen atoms in total. The lowest BCUT2D eigenvalue weighted by atomic mass is 9.83. The summed E-state index contributed by atoms with van der Waals surface area (Å²) in [5.74, 6) is -1.82. The lowest BCUT2D eigenvalue weighted by Crippen LogP contribution is -2.26. The van der Waals surface area contributed by atoms with E-state index in [0.717, 1.165) is 37.7 Å². The van der Waals surface area contributed by atoms with E-state index in [1.807, 2.05) is 42.5 Å². The highest BCUT2D eigenvalue weighted by Gasteiger charge is 2.40. The third kappa shape index (κ3) is 6.65. The normalized spacial score (nSPS) is 16.1. The van der Waals surface area contributed by atoms with E-state index in [4.69, 9.17) is 4.74 Å². The molecule has 0 aliphatic carbocycles. The maximum Gasteiger partial charge on any atom is 0.419 e. The number of hydrogen-bond acceptors (Lipinski definition) is 6. The zero-order chi connectivity index (χ0) is 26.4. The molecule has 0 bridgehead atoms. The highest BCUT2D eigenvalue weighted by atomic mass is 19.4. The van der Waals surface area contributed by atoms with E-state index >= 15 is 0 Å². The zero-order valence-corrected chi connectivity index (χ0v) is 20.9. The first-order valence-electron chi connectivity index (χ1n) is 12.4. The minimum atomic E-state index is -4.69. The summed E-state index contributed by atoms with van der Waals surface area (Å²) in [6, 6.07) is 16.9. The number of nitrogens with one attached hydrogen (secondary N) is 2. The van der Waals surface area contributed by atoms with Crippen LogP contribution < -0.4 is 10.6 Å². The monoisotopic (exact) mass is 512 g/mol. The largest absolute Gasteiger partial charge is 0.469 e. The summed E-state index contributed by atoms with van der Waals surface area (Å²) < 4.78 is 47.0. The van der Waals surface area contributed by atoms with Crippen molar-refractivity contribution in [3.8, 4) is 0 Å². The number of piperidine rings is 1. The Balaban J connectivity index is 1.66. The van der Waals surface area contributed by atoms with Crippen LogP contribution in [0, 0.1) is 5.92 Å². The van der Waals surface area contributed by atoms with E-state index in [2.05, 4.69) is 20.6 Å². The number of halogens is 3. The van der Waals surface area contributed by atoms with Gasteiger partial charge in [-0.3, -0.25) is 4.79 Å². The highest BCUT2D eigenvalue weighted by Crippen LogP contribution is 2.39. The minimum absolute atomic E-state index is 0.0349. The van der Waals surface area contributed by atoms with Crippen molar-refractivity contribution in [1.29, 1.82) is 0 Å². The van der Waals surface area contributed by atoms with Crippen LogP contribution in [-0.4, -0.2) is 36.1 Å². The topological polar surface area (TPSA) is 76.1 Å². The molecule has 1 aliphatic heterocycles. The van der Waals surface area contributed by atoms with Gasteiger partial charge in [-0.05, 0) is 61.5 Å². The van der Waals surface area contributed by atoms with E-state index in [9.17, 15) is 18.0 Å². The lowest BCUT2D eigenvalue weighted by Gasteiger charge is -2.25. The Morgan fingerprint density at radius 1 is 1.11 bits per heavy atom. The summed E-state index contributed by atoms with van der Waals surface area (Å²) in [5.41, 5.74) is 1.49. The second-order valence-corrected chi connectivity index (χ2v) is 9.37. The molecule has 1 fully saturated rings. The Labute approximate surface area is 214 Å². The van der Waals surface area contributed by atoms with E-state index in [1.54, 1.807) is 19.1 Å². The molecule has 0 saturated carbocycles. The van der Waals surface area contributed by atoms with Gasteiger partial charge < -0.3 is 15.4 Å². The maximum atomic E-state index is 14.1. The molecule has 0 spiro atoms. The van der Waals surface area contributed by atoms with Crippen LogP contribution in [0.4, 0.5) is 24.8 Å². The molecular weight excluding hydrogens is 481 g/mol. The number of anilines is 2. The van der Waals surface area contributed by atoms with E-state index in [-0.39, 0.29) is 18.1 Å². The lowest BCUT2D eigenvalue weighted by molar-refractivity contribution is -0.147. The van der Waals surface area contributed by atoms with Crippen molar-refractivity contribution in [2.45, 2.75) is 44.2 Å². The average Bonchev–Trinajstić information content (AvgIpc) is 2.91. The second-order valence-electron chi connectivity index (χ2n) is 9.37. The first-order chi connectivity index (χ1) is 17.8. The van der Waals surface area contributed by atoms with Crippen molar-refractivity contribution in [1.82, 2.24) is 15.3 Å². The summed E-state index contributed by atoms with van der Waals surface area (Å²) in [4.78, 5) is 20.7. The number of methoxy groups -OCH3 is 1. The number of ether oxygens (including phenoxy) is 1. The number of hydrogen-bond donors (Lipinski definition) is 2. The van der Waals surface area contributed by atoms with Crippen LogP contribution in [0.1, 0.15) is 54.0 Å².